The van der Waals surface area contributed by atoms with Gasteiger partial charge in [-0.05, 0) is 58.7 Å². The van der Waals surface area contributed by atoms with E-state index in [-0.39, 0.29) is 22.6 Å². The van der Waals surface area contributed by atoms with Crippen molar-refractivity contribution in [2.75, 3.05) is 15.5 Å². The summed E-state index contributed by atoms with van der Waals surface area (Å²) in [6.07, 6.45) is 1.10. The number of hydrogen-bond donors (Lipinski definition) is 2. The van der Waals surface area contributed by atoms with Gasteiger partial charge < -0.3 is 10.6 Å². The maximum Gasteiger partial charge on any atom is 0.327 e. The Balaban J connectivity index is 1.70. The van der Waals surface area contributed by atoms with Gasteiger partial charge in [0.15, 0.2) is 5.78 Å². The largest absolute Gasteiger partial charge is 0.357 e. The Kier molecular flexibility index (Phi) is 7.02. The molecule has 2 aliphatic rings. The van der Waals surface area contributed by atoms with Crippen molar-refractivity contribution in [3.63, 3.8) is 0 Å². The molecule has 5 rings (SSSR count). The number of nitrogens with one attached hydrogen (secondary N) is 2. The van der Waals surface area contributed by atoms with Gasteiger partial charge in [0.25, 0.3) is 0 Å². The Morgan fingerprint density at radius 2 is 1.67 bits per heavy atom. The van der Waals surface area contributed by atoms with Crippen molar-refractivity contribution in [1.29, 1.82) is 0 Å². The van der Waals surface area contributed by atoms with Gasteiger partial charge in [-0.1, -0.05) is 94.2 Å². The molecular weight excluding hydrogens is 529 g/mol. The molecule has 0 aromatic heterocycles. The molecular formula is C32H33Cl2N3O2. The molecule has 0 saturated carbocycles. The number of benzene rings is 3. The molecule has 2 amide bonds. The number of hydrogen-bond acceptors (Lipinski definition) is 3. The molecule has 0 unspecified atom stereocenters. The quantitative estimate of drug-likeness (QED) is 0.327. The zero-order chi connectivity index (χ0) is 28.1. The van der Waals surface area contributed by atoms with Gasteiger partial charge in [-0.15, -0.1) is 0 Å². The smallest absolute Gasteiger partial charge is 0.327 e. The molecule has 0 fully saturated rings. The average molecular weight is 563 g/mol. The number of nitrogens with zero attached hydrogens (tertiary/aromatic N) is 1. The maximum atomic E-state index is 14.2. The van der Waals surface area contributed by atoms with Crippen LogP contribution in [-0.2, 0) is 10.2 Å². The molecule has 0 bridgehead atoms. The summed E-state index contributed by atoms with van der Waals surface area (Å²) in [5, 5.41) is 7.29. The molecule has 1 aliphatic heterocycles. The first-order valence-corrected chi connectivity index (χ1v) is 13.9. The molecule has 0 saturated heterocycles. The highest BCUT2D eigenvalue weighted by Crippen LogP contribution is 2.48. The summed E-state index contributed by atoms with van der Waals surface area (Å²) >= 11 is 12.4. The summed E-state index contributed by atoms with van der Waals surface area (Å²) in [4.78, 5) is 29.7. The van der Waals surface area contributed by atoms with E-state index in [0.717, 1.165) is 16.9 Å². The van der Waals surface area contributed by atoms with Crippen LogP contribution in [0.2, 0.25) is 10.0 Å². The van der Waals surface area contributed by atoms with Crippen molar-refractivity contribution < 1.29 is 9.59 Å². The van der Waals surface area contributed by atoms with Crippen LogP contribution < -0.4 is 15.5 Å². The number of carbonyl (C=O) groups is 2. The van der Waals surface area contributed by atoms with Gasteiger partial charge in [0.1, 0.15) is 0 Å². The number of anilines is 3. The van der Waals surface area contributed by atoms with Crippen LogP contribution in [0.4, 0.5) is 21.9 Å². The lowest BCUT2D eigenvalue weighted by molar-refractivity contribution is -0.118. The molecule has 3 aromatic rings. The predicted molar refractivity (Wildman–Crippen MR) is 161 cm³/mol. The predicted octanol–water partition coefficient (Wildman–Crippen LogP) is 9.14. The van der Waals surface area contributed by atoms with Crippen LogP contribution in [0.15, 0.2) is 78.0 Å². The van der Waals surface area contributed by atoms with Gasteiger partial charge in [-0.25, -0.2) is 4.79 Å². The van der Waals surface area contributed by atoms with Crippen LogP contribution in [0.5, 0.6) is 0 Å². The first-order valence-electron chi connectivity index (χ1n) is 13.1. The van der Waals surface area contributed by atoms with Crippen molar-refractivity contribution >= 4 is 52.1 Å². The fraction of sp³-hybridized carbons (Fsp3) is 0.312. The van der Waals surface area contributed by atoms with Gasteiger partial charge in [0, 0.05) is 23.4 Å². The van der Waals surface area contributed by atoms with Crippen molar-refractivity contribution in [3.8, 4) is 0 Å². The highest BCUT2D eigenvalue weighted by Gasteiger charge is 2.43. The Morgan fingerprint density at radius 3 is 2.33 bits per heavy atom. The van der Waals surface area contributed by atoms with Crippen LogP contribution in [0.3, 0.4) is 0 Å². The molecule has 5 nitrogen and oxygen atoms in total. The second kappa shape index (κ2) is 10.0. The molecule has 1 atom stereocenters. The third kappa shape index (κ3) is 5.43. The minimum Gasteiger partial charge on any atom is -0.357 e. The second-order valence-electron chi connectivity index (χ2n) is 12.2. The lowest BCUT2D eigenvalue weighted by Crippen LogP contribution is -2.41. The summed E-state index contributed by atoms with van der Waals surface area (Å²) in [6, 6.07) is 19.9. The number of amides is 2. The fourth-order valence-electron chi connectivity index (χ4n) is 5.45. The molecule has 3 aromatic carbocycles. The van der Waals surface area contributed by atoms with Crippen molar-refractivity contribution in [3.05, 3.63) is 99.2 Å². The van der Waals surface area contributed by atoms with E-state index >= 15 is 0 Å². The number of para-hydroxylation sites is 2. The molecule has 39 heavy (non-hydrogen) atoms. The van der Waals surface area contributed by atoms with E-state index in [0.29, 0.717) is 39.8 Å². The standard InChI is InChI=1S/C32H33Cl2N3O2/c1-31(2,3)20-12-10-19(11-13-20)29-28-25(17-32(4,5)18-27(28)38)36-24-8-6-7-9-26(24)37(29)30(39)35-21-14-15-22(33)23(34)16-21/h6-16,29,36H,17-18H2,1-5H3,(H,35,39)/t29-/m0/s1. The number of ketones is 1. The Hall–Kier alpha value is -3.28. The second-order valence-corrected chi connectivity index (χ2v) is 13.0. The fourth-order valence-corrected chi connectivity index (χ4v) is 5.75. The number of urea groups is 1. The number of carbonyl (C=O) groups excluding carboxylic acids is 2. The molecule has 0 radical (unpaired) electrons. The number of fused-ring (bicyclic) bond motifs is 1. The van der Waals surface area contributed by atoms with Crippen LogP contribution in [0.1, 0.15) is 64.6 Å². The molecule has 7 heteroatoms. The first kappa shape index (κ1) is 27.3. The molecule has 1 aliphatic carbocycles. The van der Waals surface area contributed by atoms with Crippen LogP contribution in [0, 0.1) is 5.41 Å². The van der Waals surface area contributed by atoms with Crippen LogP contribution in [-0.4, -0.2) is 11.8 Å². The monoisotopic (exact) mass is 561 g/mol. The van der Waals surface area contributed by atoms with E-state index in [9.17, 15) is 9.59 Å². The number of allylic oxidation sites excluding steroid dienone is 1. The van der Waals surface area contributed by atoms with E-state index < -0.39 is 6.04 Å². The van der Waals surface area contributed by atoms with Gasteiger partial charge in [-0.2, -0.15) is 0 Å². The van der Waals surface area contributed by atoms with E-state index in [1.165, 1.54) is 5.56 Å². The third-order valence-electron chi connectivity index (χ3n) is 7.38. The van der Waals surface area contributed by atoms with Gasteiger partial charge >= 0.3 is 6.03 Å². The van der Waals surface area contributed by atoms with Gasteiger partial charge in [-0.3, -0.25) is 9.69 Å². The summed E-state index contributed by atoms with van der Waals surface area (Å²) in [5.41, 5.74) is 5.26. The Labute approximate surface area is 240 Å². The normalized spacial score (nSPS) is 18.6. The zero-order valence-corrected chi connectivity index (χ0v) is 24.4. The minimum atomic E-state index is -0.628. The number of rotatable bonds is 2. The van der Waals surface area contributed by atoms with Gasteiger partial charge in [0.05, 0.1) is 27.5 Å². The van der Waals surface area contributed by atoms with E-state index in [1.54, 1.807) is 23.1 Å². The molecule has 202 valence electrons. The summed E-state index contributed by atoms with van der Waals surface area (Å²) in [6.45, 7) is 10.7. The van der Waals surface area contributed by atoms with Gasteiger partial charge in [0.2, 0.25) is 0 Å². The van der Waals surface area contributed by atoms with E-state index in [4.69, 9.17) is 23.2 Å². The van der Waals surface area contributed by atoms with E-state index in [1.807, 2.05) is 36.4 Å². The lowest BCUT2D eigenvalue weighted by Gasteiger charge is -2.37. The first-order chi connectivity index (χ1) is 18.3. The van der Waals surface area contributed by atoms with Crippen LogP contribution in [0.25, 0.3) is 0 Å². The third-order valence-corrected chi connectivity index (χ3v) is 8.12. The van der Waals surface area contributed by atoms with Crippen molar-refractivity contribution in [2.45, 2.75) is 58.9 Å². The zero-order valence-electron chi connectivity index (χ0n) is 22.9. The highest BCUT2D eigenvalue weighted by molar-refractivity contribution is 6.42. The Morgan fingerprint density at radius 1 is 0.974 bits per heavy atom. The number of Topliss-reactive ketones (excluding diaryl/α,β-unsaturated/α-hetero) is 1. The molecule has 2 N–H and O–H groups in total. The molecule has 0 spiro atoms. The van der Waals surface area contributed by atoms with Crippen LogP contribution >= 0.6 is 23.2 Å². The minimum absolute atomic E-state index is 0.0316. The lowest BCUT2D eigenvalue weighted by atomic mass is 9.73. The summed E-state index contributed by atoms with van der Waals surface area (Å²) < 4.78 is 0. The molecule has 1 heterocycles. The average Bonchev–Trinajstić information content (AvgIpc) is 2.99. The topological polar surface area (TPSA) is 61.4 Å². The Bertz CT molecular complexity index is 1490. The SMILES string of the molecule is CC1(C)CC(=O)C2=C(C1)Nc1ccccc1N(C(=O)Nc1ccc(Cl)c(Cl)c1)[C@H]2c1ccc(C(C)(C)C)cc1. The summed E-state index contributed by atoms with van der Waals surface area (Å²) in [5.74, 6) is 0.0405. The highest BCUT2D eigenvalue weighted by atomic mass is 35.5. The van der Waals surface area contributed by atoms with Crippen molar-refractivity contribution in [1.82, 2.24) is 0 Å². The maximum absolute atomic E-state index is 14.2. The number of halogens is 2. The van der Waals surface area contributed by atoms with Crippen molar-refractivity contribution in [2.24, 2.45) is 5.41 Å². The van der Waals surface area contributed by atoms with E-state index in [2.05, 4.69) is 57.4 Å². The summed E-state index contributed by atoms with van der Waals surface area (Å²) in [7, 11) is 0.